The Kier molecular flexibility index (Phi) is 4.33. The quantitative estimate of drug-likeness (QED) is 0.452. The van der Waals surface area contributed by atoms with E-state index < -0.39 is 0 Å². The highest BCUT2D eigenvalue weighted by atomic mass is 16.2. The molecule has 1 aromatic carbocycles. The first-order valence-electron chi connectivity index (χ1n) is 6.55. The summed E-state index contributed by atoms with van der Waals surface area (Å²) in [5.41, 5.74) is 3.31. The Morgan fingerprint density at radius 1 is 1.44 bits per heavy atom. The minimum Gasteiger partial charge on any atom is -0.300 e. The summed E-state index contributed by atoms with van der Waals surface area (Å²) in [4.78, 5) is 14.3. The summed E-state index contributed by atoms with van der Waals surface area (Å²) < 4.78 is 0. The molecule has 1 amide bonds. The van der Waals surface area contributed by atoms with Gasteiger partial charge in [-0.2, -0.15) is 0 Å². The molecular weight excluding hydrogens is 226 g/mol. The van der Waals surface area contributed by atoms with Gasteiger partial charge in [-0.1, -0.05) is 37.3 Å². The molecule has 1 atom stereocenters. The van der Waals surface area contributed by atoms with Crippen LogP contribution in [0.4, 0.5) is 0 Å². The Bertz CT molecular complexity index is 389. The van der Waals surface area contributed by atoms with Gasteiger partial charge in [-0.3, -0.25) is 15.1 Å². The largest absolute Gasteiger partial charge is 0.300 e. The van der Waals surface area contributed by atoms with Crippen LogP contribution in [-0.2, 0) is 4.79 Å². The van der Waals surface area contributed by atoms with Crippen molar-refractivity contribution < 1.29 is 4.79 Å². The number of benzene rings is 1. The number of amides is 1. The topological polar surface area (TPSA) is 58.4 Å². The van der Waals surface area contributed by atoms with Crippen LogP contribution in [-0.4, -0.2) is 29.9 Å². The van der Waals surface area contributed by atoms with E-state index in [1.807, 2.05) is 30.3 Å². The summed E-state index contributed by atoms with van der Waals surface area (Å²) in [6.07, 6.45) is 2.50. The van der Waals surface area contributed by atoms with Crippen molar-refractivity contribution in [3.8, 4) is 0 Å². The number of nitrogens with one attached hydrogen (secondary N) is 1. The molecule has 2 rings (SSSR count). The van der Waals surface area contributed by atoms with Crippen LogP contribution < -0.4 is 11.3 Å². The lowest BCUT2D eigenvalue weighted by Crippen LogP contribution is -2.41. The number of hydrazine groups is 1. The first-order valence-corrected chi connectivity index (χ1v) is 6.55. The fraction of sp³-hybridized carbons (Fsp3) is 0.500. The van der Waals surface area contributed by atoms with Gasteiger partial charge in [0.25, 0.3) is 0 Å². The third kappa shape index (κ3) is 3.09. The fourth-order valence-electron chi connectivity index (χ4n) is 2.34. The smallest absolute Gasteiger partial charge is 0.242 e. The molecule has 1 saturated carbocycles. The minimum absolute atomic E-state index is 0.111. The second kappa shape index (κ2) is 5.98. The van der Waals surface area contributed by atoms with Crippen molar-refractivity contribution in [1.29, 1.82) is 0 Å². The standard InChI is InChI=1S/C14H21N3O/c1-2-17(12-8-9-12)10-13(14(18)16-15)11-6-4-3-5-7-11/h3-7,12-13H,2,8-10,15H2,1H3,(H,16,18). The highest BCUT2D eigenvalue weighted by Crippen LogP contribution is 2.29. The highest BCUT2D eigenvalue weighted by Gasteiger charge is 2.31. The molecule has 18 heavy (non-hydrogen) atoms. The summed E-state index contributed by atoms with van der Waals surface area (Å²) in [6, 6.07) is 10.5. The van der Waals surface area contributed by atoms with Gasteiger partial charge in [-0.25, -0.2) is 5.84 Å². The van der Waals surface area contributed by atoms with Gasteiger partial charge in [0.1, 0.15) is 0 Å². The lowest BCUT2D eigenvalue weighted by Gasteiger charge is -2.25. The Labute approximate surface area is 108 Å². The van der Waals surface area contributed by atoms with Crippen molar-refractivity contribution >= 4 is 5.91 Å². The van der Waals surface area contributed by atoms with Gasteiger partial charge in [-0.05, 0) is 24.9 Å². The van der Waals surface area contributed by atoms with Gasteiger partial charge < -0.3 is 0 Å². The molecule has 0 bridgehead atoms. The predicted octanol–water partition coefficient (Wildman–Crippen LogP) is 1.24. The lowest BCUT2D eigenvalue weighted by atomic mass is 9.97. The molecule has 0 radical (unpaired) electrons. The van der Waals surface area contributed by atoms with E-state index in [2.05, 4.69) is 17.2 Å². The van der Waals surface area contributed by atoms with E-state index in [0.717, 1.165) is 18.7 Å². The zero-order chi connectivity index (χ0) is 13.0. The first-order chi connectivity index (χ1) is 8.76. The average molecular weight is 247 g/mol. The Hall–Kier alpha value is -1.39. The second-order valence-electron chi connectivity index (χ2n) is 4.79. The van der Waals surface area contributed by atoms with E-state index in [1.165, 1.54) is 12.8 Å². The summed E-state index contributed by atoms with van der Waals surface area (Å²) >= 11 is 0. The Morgan fingerprint density at radius 2 is 2.11 bits per heavy atom. The molecule has 0 saturated heterocycles. The number of hydrogen-bond acceptors (Lipinski definition) is 3. The van der Waals surface area contributed by atoms with Crippen molar-refractivity contribution in [3.63, 3.8) is 0 Å². The Morgan fingerprint density at radius 3 is 2.61 bits per heavy atom. The van der Waals surface area contributed by atoms with Crippen LogP contribution in [0, 0.1) is 0 Å². The van der Waals surface area contributed by atoms with Crippen LogP contribution in [0.5, 0.6) is 0 Å². The second-order valence-corrected chi connectivity index (χ2v) is 4.79. The predicted molar refractivity (Wildman–Crippen MR) is 71.8 cm³/mol. The molecule has 1 fully saturated rings. The maximum atomic E-state index is 11.9. The van der Waals surface area contributed by atoms with Crippen LogP contribution in [0.25, 0.3) is 0 Å². The molecule has 1 aliphatic rings. The van der Waals surface area contributed by atoms with Crippen LogP contribution in [0.15, 0.2) is 30.3 Å². The number of nitrogens with zero attached hydrogens (tertiary/aromatic N) is 1. The molecule has 4 heteroatoms. The van der Waals surface area contributed by atoms with Crippen LogP contribution >= 0.6 is 0 Å². The number of nitrogens with two attached hydrogens (primary N) is 1. The van der Waals surface area contributed by atoms with Crippen molar-refractivity contribution in [2.75, 3.05) is 13.1 Å². The van der Waals surface area contributed by atoms with E-state index in [0.29, 0.717) is 6.04 Å². The highest BCUT2D eigenvalue weighted by molar-refractivity contribution is 5.83. The van der Waals surface area contributed by atoms with E-state index in [1.54, 1.807) is 0 Å². The summed E-state index contributed by atoms with van der Waals surface area (Å²) in [7, 11) is 0. The normalized spacial score (nSPS) is 16.6. The first kappa shape index (κ1) is 13.1. The molecule has 0 spiro atoms. The molecule has 1 unspecified atom stereocenters. The van der Waals surface area contributed by atoms with E-state index in [-0.39, 0.29) is 11.8 Å². The molecule has 1 aromatic rings. The molecular formula is C14H21N3O. The van der Waals surface area contributed by atoms with E-state index in [9.17, 15) is 4.79 Å². The number of carbonyl (C=O) groups excluding carboxylic acids is 1. The number of carbonyl (C=O) groups is 1. The summed E-state index contributed by atoms with van der Waals surface area (Å²) in [6.45, 7) is 3.86. The van der Waals surface area contributed by atoms with Gasteiger partial charge in [0.15, 0.2) is 0 Å². The minimum atomic E-state index is -0.184. The van der Waals surface area contributed by atoms with Crippen molar-refractivity contribution in [3.05, 3.63) is 35.9 Å². The van der Waals surface area contributed by atoms with Crippen molar-refractivity contribution in [1.82, 2.24) is 10.3 Å². The zero-order valence-corrected chi connectivity index (χ0v) is 10.8. The van der Waals surface area contributed by atoms with Crippen LogP contribution in [0.2, 0.25) is 0 Å². The summed E-state index contributed by atoms with van der Waals surface area (Å²) in [5, 5.41) is 0. The Balaban J connectivity index is 2.12. The monoisotopic (exact) mass is 247 g/mol. The number of rotatable bonds is 6. The molecule has 0 heterocycles. The van der Waals surface area contributed by atoms with Gasteiger partial charge in [-0.15, -0.1) is 0 Å². The van der Waals surface area contributed by atoms with Crippen molar-refractivity contribution in [2.24, 2.45) is 5.84 Å². The maximum absolute atomic E-state index is 11.9. The van der Waals surface area contributed by atoms with Gasteiger partial charge in [0.05, 0.1) is 5.92 Å². The molecule has 0 aliphatic heterocycles. The zero-order valence-electron chi connectivity index (χ0n) is 10.8. The van der Waals surface area contributed by atoms with E-state index >= 15 is 0 Å². The van der Waals surface area contributed by atoms with Gasteiger partial charge in [0, 0.05) is 12.6 Å². The van der Waals surface area contributed by atoms with Crippen molar-refractivity contribution in [2.45, 2.75) is 31.7 Å². The third-order valence-corrected chi connectivity index (χ3v) is 3.55. The lowest BCUT2D eigenvalue weighted by molar-refractivity contribution is -0.123. The van der Waals surface area contributed by atoms with Gasteiger partial charge >= 0.3 is 0 Å². The van der Waals surface area contributed by atoms with Crippen LogP contribution in [0.3, 0.4) is 0 Å². The molecule has 1 aliphatic carbocycles. The van der Waals surface area contributed by atoms with Crippen LogP contribution in [0.1, 0.15) is 31.2 Å². The number of likely N-dealkylation sites (N-methyl/N-ethyl adjacent to an activating group) is 1. The molecule has 0 aromatic heterocycles. The maximum Gasteiger partial charge on any atom is 0.242 e. The summed E-state index contributed by atoms with van der Waals surface area (Å²) in [5.74, 6) is 5.01. The molecule has 4 nitrogen and oxygen atoms in total. The number of hydrogen-bond donors (Lipinski definition) is 2. The fourth-order valence-corrected chi connectivity index (χ4v) is 2.34. The SMILES string of the molecule is CCN(CC(C(=O)NN)c1ccccc1)C1CC1. The molecule has 3 N–H and O–H groups in total. The third-order valence-electron chi connectivity index (χ3n) is 3.55. The van der Waals surface area contributed by atoms with E-state index in [4.69, 9.17) is 5.84 Å². The molecule has 98 valence electrons. The average Bonchev–Trinajstić information content (AvgIpc) is 3.25. The van der Waals surface area contributed by atoms with Gasteiger partial charge in [0.2, 0.25) is 5.91 Å².